The van der Waals surface area contributed by atoms with Crippen molar-refractivity contribution < 1.29 is 14.3 Å². The van der Waals surface area contributed by atoms with Gasteiger partial charge in [-0.05, 0) is 12.1 Å². The zero-order chi connectivity index (χ0) is 13.9. The summed E-state index contributed by atoms with van der Waals surface area (Å²) < 4.78 is 11.4. The monoisotopic (exact) mass is 274 g/mol. The maximum absolute atomic E-state index is 12.0. The van der Waals surface area contributed by atoms with Gasteiger partial charge in [0.25, 0.3) is 5.91 Å². The number of nitrogens with zero attached hydrogens (tertiary/aromatic N) is 3. The summed E-state index contributed by atoms with van der Waals surface area (Å²) in [7, 11) is 1.70. The Kier molecular flexibility index (Phi) is 3.24. The first-order chi connectivity index (χ1) is 9.74. The zero-order valence-electron chi connectivity index (χ0n) is 10.9. The van der Waals surface area contributed by atoms with Crippen molar-refractivity contribution >= 4 is 5.91 Å². The van der Waals surface area contributed by atoms with E-state index in [0.29, 0.717) is 18.9 Å². The highest BCUT2D eigenvalue weighted by atomic mass is 16.6. The van der Waals surface area contributed by atoms with Crippen molar-refractivity contribution in [2.24, 2.45) is 0 Å². The van der Waals surface area contributed by atoms with Gasteiger partial charge in [-0.3, -0.25) is 4.79 Å². The standard InChI is InChI=1S/C13H14N4O3/c1-17(13(18)10-6-14-16-15-10)7-9-8-19-11-4-2-3-5-12(11)20-9/h2-6,9H,7-8H2,1H3,(H,14,15,16)/t9-/m0/s1. The van der Waals surface area contributed by atoms with Gasteiger partial charge in [0.1, 0.15) is 6.61 Å². The van der Waals surface area contributed by atoms with E-state index in [9.17, 15) is 4.79 Å². The number of amides is 1. The fraction of sp³-hybridized carbons (Fsp3) is 0.308. The molecule has 2 heterocycles. The molecule has 1 N–H and O–H groups in total. The lowest BCUT2D eigenvalue weighted by Crippen LogP contribution is -2.41. The lowest BCUT2D eigenvalue weighted by atomic mass is 10.2. The molecule has 1 aromatic heterocycles. The predicted octanol–water partition coefficient (Wildman–Crippen LogP) is 0.717. The molecule has 20 heavy (non-hydrogen) atoms. The van der Waals surface area contributed by atoms with E-state index in [1.54, 1.807) is 11.9 Å². The number of hydrogen-bond donors (Lipinski definition) is 1. The lowest BCUT2D eigenvalue weighted by Gasteiger charge is -2.29. The number of aromatic nitrogens is 3. The number of nitrogens with one attached hydrogen (secondary N) is 1. The van der Waals surface area contributed by atoms with Crippen LogP contribution >= 0.6 is 0 Å². The van der Waals surface area contributed by atoms with E-state index in [1.807, 2.05) is 24.3 Å². The van der Waals surface area contributed by atoms with Gasteiger partial charge in [-0.2, -0.15) is 15.4 Å². The number of hydrogen-bond acceptors (Lipinski definition) is 5. The summed E-state index contributed by atoms with van der Waals surface area (Å²) in [5.41, 5.74) is 0.282. The topological polar surface area (TPSA) is 80.3 Å². The Hall–Kier alpha value is -2.57. The molecule has 1 aliphatic heterocycles. The Bertz CT molecular complexity index is 599. The Morgan fingerprint density at radius 2 is 2.25 bits per heavy atom. The van der Waals surface area contributed by atoms with Crippen LogP contribution in [-0.4, -0.2) is 52.5 Å². The Labute approximate surface area is 115 Å². The van der Waals surface area contributed by atoms with E-state index in [4.69, 9.17) is 9.47 Å². The third kappa shape index (κ3) is 2.42. The van der Waals surface area contributed by atoms with Crippen molar-refractivity contribution in [2.45, 2.75) is 6.10 Å². The van der Waals surface area contributed by atoms with E-state index in [0.717, 1.165) is 5.75 Å². The van der Waals surface area contributed by atoms with Crippen LogP contribution in [0.25, 0.3) is 0 Å². The number of rotatable bonds is 3. The third-order valence-electron chi connectivity index (χ3n) is 3.03. The fourth-order valence-electron chi connectivity index (χ4n) is 2.04. The van der Waals surface area contributed by atoms with Gasteiger partial charge in [0.15, 0.2) is 23.3 Å². The number of carbonyl (C=O) groups is 1. The average molecular weight is 274 g/mol. The Balaban J connectivity index is 1.63. The van der Waals surface area contributed by atoms with Crippen LogP contribution in [0.4, 0.5) is 0 Å². The molecule has 0 saturated carbocycles. The molecule has 0 aliphatic carbocycles. The molecule has 0 bridgehead atoms. The van der Waals surface area contributed by atoms with Crippen LogP contribution in [0.2, 0.25) is 0 Å². The van der Waals surface area contributed by atoms with Gasteiger partial charge in [0, 0.05) is 7.05 Å². The zero-order valence-corrected chi connectivity index (χ0v) is 10.9. The Morgan fingerprint density at radius 3 is 3.00 bits per heavy atom. The van der Waals surface area contributed by atoms with E-state index >= 15 is 0 Å². The first-order valence-corrected chi connectivity index (χ1v) is 6.24. The summed E-state index contributed by atoms with van der Waals surface area (Å²) in [5, 5.41) is 9.81. The minimum atomic E-state index is -0.207. The summed E-state index contributed by atoms with van der Waals surface area (Å²) in [5.74, 6) is 1.22. The largest absolute Gasteiger partial charge is 0.486 e. The maximum Gasteiger partial charge on any atom is 0.275 e. The molecular weight excluding hydrogens is 260 g/mol. The summed E-state index contributed by atoms with van der Waals surface area (Å²) in [4.78, 5) is 13.6. The highest BCUT2D eigenvalue weighted by molar-refractivity contribution is 5.91. The van der Waals surface area contributed by atoms with Gasteiger partial charge < -0.3 is 14.4 Å². The summed E-state index contributed by atoms with van der Waals surface area (Å²) >= 11 is 0. The predicted molar refractivity (Wildman–Crippen MR) is 69.7 cm³/mol. The maximum atomic E-state index is 12.0. The second-order valence-corrected chi connectivity index (χ2v) is 4.54. The number of aromatic amines is 1. The minimum absolute atomic E-state index is 0.203. The van der Waals surface area contributed by atoms with Crippen LogP contribution < -0.4 is 9.47 Å². The second kappa shape index (κ2) is 5.20. The lowest BCUT2D eigenvalue weighted by molar-refractivity contribution is 0.0517. The number of fused-ring (bicyclic) bond motifs is 1. The number of para-hydroxylation sites is 2. The summed E-state index contributed by atoms with van der Waals surface area (Å²) in [6.45, 7) is 0.827. The molecule has 1 aliphatic rings. The first-order valence-electron chi connectivity index (χ1n) is 6.24. The van der Waals surface area contributed by atoms with Crippen LogP contribution in [0.15, 0.2) is 30.5 Å². The SMILES string of the molecule is CN(C[C@H]1COc2ccccc2O1)C(=O)c1cn[nH]n1. The molecule has 2 aromatic rings. The molecule has 3 rings (SSSR count). The average Bonchev–Trinajstić information content (AvgIpc) is 3.00. The van der Waals surface area contributed by atoms with Gasteiger partial charge in [-0.15, -0.1) is 0 Å². The second-order valence-electron chi connectivity index (χ2n) is 4.54. The van der Waals surface area contributed by atoms with Crippen molar-refractivity contribution in [3.05, 3.63) is 36.2 Å². The van der Waals surface area contributed by atoms with Crippen molar-refractivity contribution in [2.75, 3.05) is 20.2 Å². The molecule has 7 nitrogen and oxygen atoms in total. The molecule has 1 atom stereocenters. The number of carbonyl (C=O) groups excluding carboxylic acids is 1. The molecule has 0 unspecified atom stereocenters. The first kappa shape index (κ1) is 12.5. The van der Waals surface area contributed by atoms with Crippen LogP contribution in [0.5, 0.6) is 11.5 Å². The highest BCUT2D eigenvalue weighted by Crippen LogP contribution is 2.30. The quantitative estimate of drug-likeness (QED) is 0.892. The van der Waals surface area contributed by atoms with Crippen LogP contribution in [0.3, 0.4) is 0 Å². The molecule has 0 spiro atoms. The summed E-state index contributed by atoms with van der Waals surface area (Å²) in [6.07, 6.45) is 1.19. The van der Waals surface area contributed by atoms with E-state index in [1.165, 1.54) is 6.20 Å². The van der Waals surface area contributed by atoms with Crippen molar-refractivity contribution in [1.82, 2.24) is 20.3 Å². The third-order valence-corrected chi connectivity index (χ3v) is 3.03. The van der Waals surface area contributed by atoms with Crippen LogP contribution in [0, 0.1) is 0 Å². The number of H-pyrrole nitrogens is 1. The molecule has 1 amide bonds. The number of ether oxygens (including phenoxy) is 2. The molecule has 0 fully saturated rings. The molecular formula is C13H14N4O3. The van der Waals surface area contributed by atoms with Crippen LogP contribution in [-0.2, 0) is 0 Å². The normalized spacial score (nSPS) is 16.8. The van der Waals surface area contributed by atoms with Crippen molar-refractivity contribution in [3.8, 4) is 11.5 Å². The van der Waals surface area contributed by atoms with E-state index in [-0.39, 0.29) is 17.7 Å². The smallest absolute Gasteiger partial charge is 0.275 e. The van der Waals surface area contributed by atoms with Gasteiger partial charge in [-0.1, -0.05) is 12.1 Å². The van der Waals surface area contributed by atoms with E-state index in [2.05, 4.69) is 15.4 Å². The minimum Gasteiger partial charge on any atom is -0.486 e. The van der Waals surface area contributed by atoms with Crippen LogP contribution in [0.1, 0.15) is 10.5 Å². The molecule has 1 aromatic carbocycles. The number of likely N-dealkylation sites (N-methyl/N-ethyl adjacent to an activating group) is 1. The molecule has 0 radical (unpaired) electrons. The van der Waals surface area contributed by atoms with Gasteiger partial charge >= 0.3 is 0 Å². The van der Waals surface area contributed by atoms with Gasteiger partial charge in [-0.25, -0.2) is 0 Å². The summed E-state index contributed by atoms with van der Waals surface area (Å²) in [6, 6.07) is 7.48. The highest BCUT2D eigenvalue weighted by Gasteiger charge is 2.24. The molecule has 0 saturated heterocycles. The molecule has 104 valence electrons. The number of benzene rings is 1. The van der Waals surface area contributed by atoms with Crippen molar-refractivity contribution in [1.29, 1.82) is 0 Å². The fourth-order valence-corrected chi connectivity index (χ4v) is 2.04. The van der Waals surface area contributed by atoms with Gasteiger partial charge in [0.2, 0.25) is 0 Å². The van der Waals surface area contributed by atoms with Gasteiger partial charge in [0.05, 0.1) is 12.7 Å². The van der Waals surface area contributed by atoms with Crippen molar-refractivity contribution in [3.63, 3.8) is 0 Å². The van der Waals surface area contributed by atoms with E-state index < -0.39 is 0 Å². The Morgan fingerprint density at radius 1 is 1.45 bits per heavy atom. The molecule has 7 heteroatoms.